The molecule has 0 spiro atoms. The zero-order valence-electron chi connectivity index (χ0n) is 10.0. The van der Waals surface area contributed by atoms with Gasteiger partial charge in [-0.2, -0.15) is 0 Å². The van der Waals surface area contributed by atoms with Gasteiger partial charge in [0.2, 0.25) is 0 Å². The number of hydrogen-bond acceptors (Lipinski definition) is 3. The van der Waals surface area contributed by atoms with E-state index in [2.05, 4.69) is 0 Å². The van der Waals surface area contributed by atoms with E-state index in [9.17, 15) is 9.59 Å². The van der Waals surface area contributed by atoms with E-state index in [-0.39, 0.29) is 23.4 Å². The zero-order chi connectivity index (χ0) is 12.0. The molecular weight excluding hydrogens is 208 g/mol. The standard InChI is InChI=1S/C12H20O2S/c1-5-9(10(13)6-2)12(8(4)15)11(14)7-3/h9,12H,5-7H2,1-4H3. The third-order valence-electron chi connectivity index (χ3n) is 2.74. The highest BCUT2D eigenvalue weighted by atomic mass is 32.1. The molecule has 0 saturated carbocycles. The smallest absolute Gasteiger partial charge is 0.141 e. The summed E-state index contributed by atoms with van der Waals surface area (Å²) in [6, 6.07) is 0. The van der Waals surface area contributed by atoms with Crippen molar-refractivity contribution in [3.05, 3.63) is 0 Å². The second-order valence-electron chi connectivity index (χ2n) is 3.74. The van der Waals surface area contributed by atoms with Crippen molar-refractivity contribution in [2.45, 2.75) is 47.0 Å². The van der Waals surface area contributed by atoms with Gasteiger partial charge in [0.05, 0.1) is 5.92 Å². The number of Topliss-reactive ketones (excluding diaryl/α,β-unsaturated/α-hetero) is 2. The Hall–Kier alpha value is -0.570. The molecule has 0 rings (SSSR count). The summed E-state index contributed by atoms with van der Waals surface area (Å²) in [5.41, 5.74) is 0. The number of hydrogen-bond donors (Lipinski definition) is 0. The maximum atomic E-state index is 11.7. The topological polar surface area (TPSA) is 34.1 Å². The van der Waals surface area contributed by atoms with Gasteiger partial charge >= 0.3 is 0 Å². The molecule has 0 aliphatic carbocycles. The predicted octanol–water partition coefficient (Wildman–Crippen LogP) is 2.98. The van der Waals surface area contributed by atoms with Gasteiger partial charge in [-0.25, -0.2) is 0 Å². The molecule has 0 heterocycles. The van der Waals surface area contributed by atoms with Crippen molar-refractivity contribution in [2.24, 2.45) is 11.8 Å². The third-order valence-corrected chi connectivity index (χ3v) is 2.99. The second-order valence-corrected chi connectivity index (χ2v) is 4.39. The minimum atomic E-state index is -0.345. The summed E-state index contributed by atoms with van der Waals surface area (Å²) in [5, 5.41) is 0. The van der Waals surface area contributed by atoms with E-state index in [4.69, 9.17) is 12.2 Å². The molecule has 2 unspecified atom stereocenters. The van der Waals surface area contributed by atoms with E-state index in [1.165, 1.54) is 0 Å². The fourth-order valence-corrected chi connectivity index (χ4v) is 2.16. The van der Waals surface area contributed by atoms with Crippen LogP contribution in [0.3, 0.4) is 0 Å². The first-order chi connectivity index (χ1) is 6.99. The Morgan fingerprint density at radius 3 is 1.80 bits per heavy atom. The van der Waals surface area contributed by atoms with Crippen LogP contribution >= 0.6 is 12.2 Å². The molecular formula is C12H20O2S. The Balaban J connectivity index is 4.94. The van der Waals surface area contributed by atoms with Crippen molar-refractivity contribution >= 4 is 28.6 Å². The summed E-state index contributed by atoms with van der Waals surface area (Å²) in [5.74, 6) is -0.313. The second kappa shape index (κ2) is 6.83. The first-order valence-electron chi connectivity index (χ1n) is 5.55. The molecule has 0 bridgehead atoms. The van der Waals surface area contributed by atoms with Crippen molar-refractivity contribution in [1.82, 2.24) is 0 Å². The van der Waals surface area contributed by atoms with E-state index in [1.807, 2.05) is 20.8 Å². The Bertz CT molecular complexity index is 258. The Kier molecular flexibility index (Phi) is 6.57. The first-order valence-corrected chi connectivity index (χ1v) is 5.96. The van der Waals surface area contributed by atoms with Crippen molar-refractivity contribution in [3.63, 3.8) is 0 Å². The number of carbonyl (C=O) groups excluding carboxylic acids is 2. The van der Waals surface area contributed by atoms with Crippen LogP contribution in [0.25, 0.3) is 0 Å². The molecule has 0 aromatic carbocycles. The van der Waals surface area contributed by atoms with E-state index in [0.29, 0.717) is 24.1 Å². The third kappa shape index (κ3) is 3.82. The molecule has 0 aromatic heterocycles. The fraction of sp³-hybridized carbons (Fsp3) is 0.750. The Labute approximate surface area is 97.4 Å². The highest BCUT2D eigenvalue weighted by molar-refractivity contribution is 7.80. The number of ketones is 2. The lowest BCUT2D eigenvalue weighted by atomic mass is 9.80. The molecule has 2 nitrogen and oxygen atoms in total. The SMILES string of the molecule is CCC(=O)C(CC)C(C(=O)CC)C(C)=S. The summed E-state index contributed by atoms with van der Waals surface area (Å²) in [7, 11) is 0. The summed E-state index contributed by atoms with van der Waals surface area (Å²) < 4.78 is 0. The van der Waals surface area contributed by atoms with Crippen LogP contribution in [0.1, 0.15) is 47.0 Å². The lowest BCUT2D eigenvalue weighted by Gasteiger charge is -2.22. The van der Waals surface area contributed by atoms with E-state index in [1.54, 1.807) is 6.92 Å². The van der Waals surface area contributed by atoms with E-state index >= 15 is 0 Å². The van der Waals surface area contributed by atoms with Crippen LogP contribution in [0.4, 0.5) is 0 Å². The molecule has 0 aromatic rings. The normalized spacial score (nSPS) is 14.4. The quantitative estimate of drug-likeness (QED) is 0.628. The van der Waals surface area contributed by atoms with Crippen molar-refractivity contribution in [2.75, 3.05) is 0 Å². The Morgan fingerprint density at radius 1 is 1.07 bits per heavy atom. The zero-order valence-corrected chi connectivity index (χ0v) is 10.8. The van der Waals surface area contributed by atoms with Gasteiger partial charge in [-0.15, -0.1) is 0 Å². The molecule has 0 N–H and O–H groups in total. The number of rotatable bonds is 7. The summed E-state index contributed by atoms with van der Waals surface area (Å²) in [6.45, 7) is 7.35. The van der Waals surface area contributed by atoms with Crippen LogP contribution in [-0.4, -0.2) is 16.4 Å². The Morgan fingerprint density at radius 2 is 1.53 bits per heavy atom. The summed E-state index contributed by atoms with van der Waals surface area (Å²) in [4.78, 5) is 24.1. The highest BCUT2D eigenvalue weighted by Crippen LogP contribution is 2.22. The molecule has 0 fully saturated rings. The fourth-order valence-electron chi connectivity index (χ4n) is 1.87. The van der Waals surface area contributed by atoms with Gasteiger partial charge in [0.15, 0.2) is 0 Å². The molecule has 0 amide bonds. The van der Waals surface area contributed by atoms with Gasteiger partial charge in [-0.1, -0.05) is 33.0 Å². The summed E-state index contributed by atoms with van der Waals surface area (Å²) >= 11 is 5.10. The number of carbonyl (C=O) groups is 2. The van der Waals surface area contributed by atoms with E-state index in [0.717, 1.165) is 0 Å². The monoisotopic (exact) mass is 228 g/mol. The van der Waals surface area contributed by atoms with Crippen LogP contribution < -0.4 is 0 Å². The lowest BCUT2D eigenvalue weighted by Crippen LogP contribution is -2.33. The van der Waals surface area contributed by atoms with Crippen molar-refractivity contribution in [3.8, 4) is 0 Å². The molecule has 15 heavy (non-hydrogen) atoms. The maximum Gasteiger partial charge on any atom is 0.141 e. The van der Waals surface area contributed by atoms with Crippen molar-refractivity contribution < 1.29 is 9.59 Å². The van der Waals surface area contributed by atoms with Crippen LogP contribution in [-0.2, 0) is 9.59 Å². The van der Waals surface area contributed by atoms with Crippen LogP contribution in [0.2, 0.25) is 0 Å². The van der Waals surface area contributed by atoms with Gasteiger partial charge in [0, 0.05) is 23.6 Å². The molecule has 3 heteroatoms. The van der Waals surface area contributed by atoms with Gasteiger partial charge in [-0.3, -0.25) is 9.59 Å². The summed E-state index contributed by atoms with van der Waals surface area (Å²) in [6.07, 6.45) is 1.62. The average molecular weight is 228 g/mol. The van der Waals surface area contributed by atoms with Crippen LogP contribution in [0.15, 0.2) is 0 Å². The lowest BCUT2D eigenvalue weighted by molar-refractivity contribution is -0.130. The molecule has 2 atom stereocenters. The predicted molar refractivity (Wildman–Crippen MR) is 66.1 cm³/mol. The van der Waals surface area contributed by atoms with Crippen molar-refractivity contribution in [1.29, 1.82) is 0 Å². The molecule has 0 aliphatic rings. The van der Waals surface area contributed by atoms with E-state index < -0.39 is 0 Å². The van der Waals surface area contributed by atoms with Gasteiger partial charge in [-0.05, 0) is 13.3 Å². The average Bonchev–Trinajstić information content (AvgIpc) is 2.22. The first kappa shape index (κ1) is 14.4. The molecule has 0 aliphatic heterocycles. The molecule has 86 valence electrons. The maximum absolute atomic E-state index is 11.7. The largest absolute Gasteiger partial charge is 0.299 e. The van der Waals surface area contributed by atoms with Crippen LogP contribution in [0, 0.1) is 11.8 Å². The molecule has 0 radical (unpaired) electrons. The minimum Gasteiger partial charge on any atom is -0.299 e. The van der Waals surface area contributed by atoms with Gasteiger partial charge in [0.1, 0.15) is 11.6 Å². The minimum absolute atomic E-state index is 0.0937. The molecule has 0 saturated heterocycles. The van der Waals surface area contributed by atoms with Crippen LogP contribution in [0.5, 0.6) is 0 Å². The van der Waals surface area contributed by atoms with Gasteiger partial charge < -0.3 is 0 Å². The van der Waals surface area contributed by atoms with Gasteiger partial charge in [0.25, 0.3) is 0 Å². The number of thiocarbonyl (C=S) groups is 1. The highest BCUT2D eigenvalue weighted by Gasteiger charge is 2.31.